The predicted octanol–water partition coefficient (Wildman–Crippen LogP) is 2.76. The molecule has 0 amide bonds. The highest BCUT2D eigenvalue weighted by Crippen LogP contribution is 2.22. The van der Waals surface area contributed by atoms with Gasteiger partial charge in [-0.1, -0.05) is 18.2 Å². The van der Waals surface area contributed by atoms with Crippen LogP contribution in [0.4, 0.5) is 5.69 Å². The van der Waals surface area contributed by atoms with Crippen LogP contribution in [0.25, 0.3) is 0 Å². The van der Waals surface area contributed by atoms with E-state index < -0.39 is 10.0 Å². The van der Waals surface area contributed by atoms with E-state index in [4.69, 9.17) is 10.00 Å². The molecule has 0 saturated carbocycles. The van der Waals surface area contributed by atoms with Crippen LogP contribution < -0.4 is 9.46 Å². The Morgan fingerprint density at radius 3 is 2.67 bits per heavy atom. The first kappa shape index (κ1) is 14.9. The molecule has 2 rings (SSSR count). The molecule has 0 fully saturated rings. The summed E-state index contributed by atoms with van der Waals surface area (Å²) < 4.78 is 32.5. The second kappa shape index (κ2) is 6.29. The predicted molar refractivity (Wildman–Crippen MR) is 79.6 cm³/mol. The average molecular weight is 302 g/mol. The summed E-state index contributed by atoms with van der Waals surface area (Å²) in [6.45, 7) is 2.34. The lowest BCUT2D eigenvalue weighted by Gasteiger charge is -2.10. The minimum Gasteiger partial charge on any atom is -0.494 e. The van der Waals surface area contributed by atoms with E-state index in [9.17, 15) is 8.42 Å². The number of hydrogen-bond acceptors (Lipinski definition) is 4. The molecule has 2 aromatic rings. The summed E-state index contributed by atoms with van der Waals surface area (Å²) in [5, 5.41) is 9.00. The van der Waals surface area contributed by atoms with E-state index in [0.717, 1.165) is 0 Å². The fourth-order valence-electron chi connectivity index (χ4n) is 1.82. The molecule has 0 atom stereocenters. The first-order valence-corrected chi connectivity index (χ1v) is 7.80. The van der Waals surface area contributed by atoms with E-state index >= 15 is 0 Å². The molecule has 0 aliphatic rings. The van der Waals surface area contributed by atoms with Gasteiger partial charge in [0.05, 0.1) is 17.9 Å². The number of nitrogens with one attached hydrogen (secondary N) is 1. The molecule has 0 unspecified atom stereocenters. The maximum absolute atomic E-state index is 12.3. The molecule has 0 aliphatic heterocycles. The summed E-state index contributed by atoms with van der Waals surface area (Å²) in [5.41, 5.74) is 0.486. The molecule has 0 spiro atoms. The third kappa shape index (κ3) is 3.52. The molecule has 1 N–H and O–H groups in total. The Kier molecular flexibility index (Phi) is 4.45. The first-order chi connectivity index (χ1) is 10.1. The number of benzene rings is 2. The van der Waals surface area contributed by atoms with Crippen LogP contribution in [0.3, 0.4) is 0 Å². The summed E-state index contributed by atoms with van der Waals surface area (Å²) in [6, 6.07) is 14.6. The van der Waals surface area contributed by atoms with Crippen molar-refractivity contribution in [2.75, 3.05) is 11.3 Å². The number of nitrogens with zero attached hydrogens (tertiary/aromatic N) is 1. The Bertz CT molecular complexity index is 780. The van der Waals surface area contributed by atoms with Crippen LogP contribution >= 0.6 is 0 Å². The fraction of sp³-hybridized carbons (Fsp3) is 0.133. The van der Waals surface area contributed by atoms with Crippen molar-refractivity contribution >= 4 is 15.7 Å². The van der Waals surface area contributed by atoms with Crippen molar-refractivity contribution in [2.45, 2.75) is 11.8 Å². The van der Waals surface area contributed by atoms with Crippen LogP contribution in [0.2, 0.25) is 0 Å². The van der Waals surface area contributed by atoms with Gasteiger partial charge in [0.1, 0.15) is 16.7 Å². The summed E-state index contributed by atoms with van der Waals surface area (Å²) in [5.74, 6) is 0.575. The second-order valence-electron chi connectivity index (χ2n) is 4.17. The Labute approximate surface area is 123 Å². The highest BCUT2D eigenvalue weighted by Gasteiger charge is 2.18. The topological polar surface area (TPSA) is 79.2 Å². The second-order valence-corrected chi connectivity index (χ2v) is 5.83. The van der Waals surface area contributed by atoms with E-state index in [0.29, 0.717) is 18.0 Å². The number of sulfonamides is 1. The smallest absolute Gasteiger partial charge is 0.263 e. The van der Waals surface area contributed by atoms with Gasteiger partial charge in [-0.3, -0.25) is 4.72 Å². The van der Waals surface area contributed by atoms with Gasteiger partial charge in [0.2, 0.25) is 0 Å². The van der Waals surface area contributed by atoms with Crippen molar-refractivity contribution in [3.8, 4) is 11.8 Å². The molecule has 5 nitrogen and oxygen atoms in total. The average Bonchev–Trinajstić information content (AvgIpc) is 2.47. The quantitative estimate of drug-likeness (QED) is 0.921. The SMILES string of the molecule is CCOc1cccc(NS(=O)(=O)c2ccccc2C#N)c1. The summed E-state index contributed by atoms with van der Waals surface area (Å²) in [4.78, 5) is -0.0469. The molecule has 0 radical (unpaired) electrons. The van der Waals surface area contributed by atoms with E-state index in [-0.39, 0.29) is 10.5 Å². The van der Waals surface area contributed by atoms with Crippen molar-refractivity contribution in [2.24, 2.45) is 0 Å². The zero-order valence-electron chi connectivity index (χ0n) is 11.4. The number of rotatable bonds is 5. The van der Waals surface area contributed by atoms with Crippen LogP contribution in [0.5, 0.6) is 5.75 Å². The number of anilines is 1. The zero-order chi connectivity index (χ0) is 15.3. The van der Waals surface area contributed by atoms with Crippen molar-refractivity contribution in [1.82, 2.24) is 0 Å². The lowest BCUT2D eigenvalue weighted by Crippen LogP contribution is -2.14. The Hall–Kier alpha value is -2.52. The number of ether oxygens (including phenoxy) is 1. The van der Waals surface area contributed by atoms with E-state index in [1.54, 1.807) is 36.4 Å². The molecule has 0 aliphatic carbocycles. The third-order valence-electron chi connectivity index (χ3n) is 2.69. The van der Waals surface area contributed by atoms with Crippen molar-refractivity contribution in [1.29, 1.82) is 5.26 Å². The van der Waals surface area contributed by atoms with Crippen molar-refractivity contribution < 1.29 is 13.2 Å². The van der Waals surface area contributed by atoms with Gasteiger partial charge in [-0.05, 0) is 31.2 Å². The third-order valence-corrected chi connectivity index (χ3v) is 4.13. The van der Waals surface area contributed by atoms with Gasteiger partial charge in [-0.2, -0.15) is 5.26 Å². The maximum atomic E-state index is 12.3. The standard InChI is InChI=1S/C15H14N2O3S/c1-2-20-14-8-5-7-13(10-14)17-21(18,19)15-9-4-3-6-12(15)11-16/h3-10,17H,2H2,1H3. The minimum absolute atomic E-state index is 0.0469. The monoisotopic (exact) mass is 302 g/mol. The number of nitriles is 1. The molecule has 0 aromatic heterocycles. The molecule has 108 valence electrons. The van der Waals surface area contributed by atoms with Crippen LogP contribution in [-0.4, -0.2) is 15.0 Å². The Morgan fingerprint density at radius 1 is 1.19 bits per heavy atom. The maximum Gasteiger partial charge on any atom is 0.263 e. The van der Waals surface area contributed by atoms with Gasteiger partial charge in [-0.25, -0.2) is 8.42 Å². The molecule has 2 aromatic carbocycles. The van der Waals surface area contributed by atoms with E-state index in [2.05, 4.69) is 4.72 Å². The minimum atomic E-state index is -3.82. The molecular formula is C15H14N2O3S. The normalized spacial score (nSPS) is 10.7. The lowest BCUT2D eigenvalue weighted by atomic mass is 10.2. The van der Waals surface area contributed by atoms with Gasteiger partial charge in [0.15, 0.2) is 0 Å². The Balaban J connectivity index is 2.34. The lowest BCUT2D eigenvalue weighted by molar-refractivity contribution is 0.340. The zero-order valence-corrected chi connectivity index (χ0v) is 12.2. The van der Waals surface area contributed by atoms with Gasteiger partial charge >= 0.3 is 0 Å². The highest BCUT2D eigenvalue weighted by atomic mass is 32.2. The van der Waals surface area contributed by atoms with Gasteiger partial charge in [0.25, 0.3) is 10.0 Å². The first-order valence-electron chi connectivity index (χ1n) is 6.31. The van der Waals surface area contributed by atoms with Crippen LogP contribution in [0.1, 0.15) is 12.5 Å². The van der Waals surface area contributed by atoms with Gasteiger partial charge in [0, 0.05) is 6.07 Å². The summed E-state index contributed by atoms with van der Waals surface area (Å²) in [6.07, 6.45) is 0. The van der Waals surface area contributed by atoms with E-state index in [1.165, 1.54) is 12.1 Å². The van der Waals surface area contributed by atoms with Gasteiger partial charge < -0.3 is 4.74 Å². The molecule has 0 saturated heterocycles. The van der Waals surface area contributed by atoms with Crippen LogP contribution in [0, 0.1) is 11.3 Å². The van der Waals surface area contributed by atoms with Crippen molar-refractivity contribution in [3.63, 3.8) is 0 Å². The molecular weight excluding hydrogens is 288 g/mol. The van der Waals surface area contributed by atoms with Gasteiger partial charge in [-0.15, -0.1) is 0 Å². The molecule has 0 bridgehead atoms. The Morgan fingerprint density at radius 2 is 1.95 bits per heavy atom. The molecule has 0 heterocycles. The number of hydrogen-bond donors (Lipinski definition) is 1. The van der Waals surface area contributed by atoms with E-state index in [1.807, 2.05) is 13.0 Å². The fourth-order valence-corrected chi connectivity index (χ4v) is 3.03. The van der Waals surface area contributed by atoms with Crippen molar-refractivity contribution in [3.05, 3.63) is 54.1 Å². The highest BCUT2D eigenvalue weighted by molar-refractivity contribution is 7.92. The summed E-state index contributed by atoms with van der Waals surface area (Å²) >= 11 is 0. The summed E-state index contributed by atoms with van der Waals surface area (Å²) in [7, 11) is -3.82. The van der Waals surface area contributed by atoms with Crippen LogP contribution in [-0.2, 0) is 10.0 Å². The van der Waals surface area contributed by atoms with Crippen LogP contribution in [0.15, 0.2) is 53.4 Å². The molecule has 6 heteroatoms. The molecule has 21 heavy (non-hydrogen) atoms. The largest absolute Gasteiger partial charge is 0.494 e.